The second-order valence-electron chi connectivity index (χ2n) is 4.80. The summed E-state index contributed by atoms with van der Waals surface area (Å²) >= 11 is 0. The molecular formula is C15H19NO3. The van der Waals surface area contributed by atoms with Crippen molar-refractivity contribution in [2.75, 3.05) is 13.2 Å². The van der Waals surface area contributed by atoms with Crippen molar-refractivity contribution in [3.8, 4) is 0 Å². The predicted molar refractivity (Wildman–Crippen MR) is 72.0 cm³/mol. The molecule has 4 nitrogen and oxygen atoms in total. The van der Waals surface area contributed by atoms with Crippen LogP contribution in [0.3, 0.4) is 0 Å². The van der Waals surface area contributed by atoms with Crippen LogP contribution in [0.1, 0.15) is 36.0 Å². The second kappa shape index (κ2) is 7.04. The van der Waals surface area contributed by atoms with E-state index in [1.54, 1.807) is 24.3 Å². The van der Waals surface area contributed by atoms with E-state index in [0.29, 0.717) is 12.0 Å². The SMILES string of the molecule is O=C(C[C@H]1CCCCN1)OCC(=O)c1ccccc1. The van der Waals surface area contributed by atoms with Crippen molar-refractivity contribution in [3.05, 3.63) is 35.9 Å². The number of ketones is 1. The minimum Gasteiger partial charge on any atom is -0.457 e. The van der Waals surface area contributed by atoms with E-state index in [0.717, 1.165) is 25.8 Å². The monoisotopic (exact) mass is 261 g/mol. The smallest absolute Gasteiger partial charge is 0.307 e. The molecule has 0 aliphatic carbocycles. The molecule has 4 heteroatoms. The maximum atomic E-state index is 11.7. The molecule has 0 bridgehead atoms. The van der Waals surface area contributed by atoms with Crippen LogP contribution in [-0.4, -0.2) is 30.9 Å². The van der Waals surface area contributed by atoms with Gasteiger partial charge in [0.1, 0.15) is 0 Å². The molecule has 1 atom stereocenters. The zero-order valence-corrected chi connectivity index (χ0v) is 10.9. The Labute approximate surface area is 113 Å². The molecule has 0 amide bonds. The Morgan fingerprint density at radius 1 is 1.21 bits per heavy atom. The molecule has 1 fully saturated rings. The molecular weight excluding hydrogens is 242 g/mol. The number of hydrogen-bond donors (Lipinski definition) is 1. The Hall–Kier alpha value is -1.68. The fraction of sp³-hybridized carbons (Fsp3) is 0.467. The Kier molecular flexibility index (Phi) is 5.10. The number of benzene rings is 1. The maximum Gasteiger partial charge on any atom is 0.307 e. The first-order valence-electron chi connectivity index (χ1n) is 6.73. The van der Waals surface area contributed by atoms with Crippen LogP contribution in [0.25, 0.3) is 0 Å². The van der Waals surface area contributed by atoms with Crippen LogP contribution in [0.5, 0.6) is 0 Å². The quantitative estimate of drug-likeness (QED) is 0.650. The van der Waals surface area contributed by atoms with Crippen molar-refractivity contribution in [3.63, 3.8) is 0 Å². The summed E-state index contributed by atoms with van der Waals surface area (Å²) in [5, 5.41) is 3.28. The minimum absolute atomic E-state index is 0.162. The van der Waals surface area contributed by atoms with Crippen molar-refractivity contribution in [1.29, 1.82) is 0 Å². The van der Waals surface area contributed by atoms with Crippen LogP contribution < -0.4 is 5.32 Å². The van der Waals surface area contributed by atoms with Gasteiger partial charge < -0.3 is 10.1 Å². The Balaban J connectivity index is 1.72. The van der Waals surface area contributed by atoms with Crippen LogP contribution in [-0.2, 0) is 9.53 Å². The molecule has 0 unspecified atom stereocenters. The van der Waals surface area contributed by atoms with E-state index in [9.17, 15) is 9.59 Å². The molecule has 1 aromatic carbocycles. The fourth-order valence-corrected chi connectivity index (χ4v) is 2.21. The number of Topliss-reactive ketones (excluding diaryl/α,β-unsaturated/α-hetero) is 1. The number of carbonyl (C=O) groups excluding carboxylic acids is 2. The van der Waals surface area contributed by atoms with E-state index in [1.165, 1.54) is 0 Å². The van der Waals surface area contributed by atoms with Gasteiger partial charge in [0.05, 0.1) is 6.42 Å². The van der Waals surface area contributed by atoms with Gasteiger partial charge in [-0.2, -0.15) is 0 Å². The first-order chi connectivity index (χ1) is 9.25. The molecule has 0 saturated carbocycles. The zero-order valence-electron chi connectivity index (χ0n) is 10.9. The molecule has 2 rings (SSSR count). The molecule has 19 heavy (non-hydrogen) atoms. The van der Waals surface area contributed by atoms with Crippen molar-refractivity contribution in [1.82, 2.24) is 5.32 Å². The van der Waals surface area contributed by atoms with Gasteiger partial charge in [0.15, 0.2) is 12.4 Å². The minimum atomic E-state index is -0.302. The molecule has 1 aromatic rings. The van der Waals surface area contributed by atoms with Gasteiger partial charge in [0, 0.05) is 11.6 Å². The van der Waals surface area contributed by atoms with Gasteiger partial charge in [0.25, 0.3) is 0 Å². The average molecular weight is 261 g/mol. The number of esters is 1. The van der Waals surface area contributed by atoms with Crippen LogP contribution in [0.2, 0.25) is 0 Å². The van der Waals surface area contributed by atoms with E-state index in [1.807, 2.05) is 6.07 Å². The van der Waals surface area contributed by atoms with E-state index < -0.39 is 0 Å². The van der Waals surface area contributed by atoms with E-state index in [-0.39, 0.29) is 24.4 Å². The van der Waals surface area contributed by atoms with Crippen molar-refractivity contribution in [2.45, 2.75) is 31.7 Å². The molecule has 1 saturated heterocycles. The summed E-state index contributed by atoms with van der Waals surface area (Å²) in [5.41, 5.74) is 0.575. The molecule has 1 N–H and O–H groups in total. The first kappa shape index (κ1) is 13.7. The average Bonchev–Trinajstić information content (AvgIpc) is 2.47. The summed E-state index contributed by atoms with van der Waals surface area (Å²) in [7, 11) is 0. The molecule has 0 aromatic heterocycles. The number of nitrogens with one attached hydrogen (secondary N) is 1. The highest BCUT2D eigenvalue weighted by atomic mass is 16.5. The van der Waals surface area contributed by atoms with E-state index >= 15 is 0 Å². The Bertz CT molecular complexity index is 424. The highest BCUT2D eigenvalue weighted by molar-refractivity contribution is 5.97. The third-order valence-electron chi connectivity index (χ3n) is 3.29. The summed E-state index contributed by atoms with van der Waals surface area (Å²) in [4.78, 5) is 23.4. The lowest BCUT2D eigenvalue weighted by atomic mass is 10.0. The maximum absolute atomic E-state index is 11.7. The number of rotatable bonds is 5. The van der Waals surface area contributed by atoms with Crippen molar-refractivity contribution < 1.29 is 14.3 Å². The van der Waals surface area contributed by atoms with Crippen LogP contribution >= 0.6 is 0 Å². The third-order valence-corrected chi connectivity index (χ3v) is 3.29. The van der Waals surface area contributed by atoms with Gasteiger partial charge in [-0.3, -0.25) is 9.59 Å². The third kappa shape index (κ3) is 4.48. The summed E-state index contributed by atoms with van der Waals surface area (Å²) < 4.78 is 5.03. The predicted octanol–water partition coefficient (Wildman–Crippen LogP) is 1.94. The topological polar surface area (TPSA) is 55.4 Å². The van der Waals surface area contributed by atoms with Crippen LogP contribution in [0.4, 0.5) is 0 Å². The lowest BCUT2D eigenvalue weighted by Crippen LogP contribution is -2.36. The molecule has 1 heterocycles. The van der Waals surface area contributed by atoms with Gasteiger partial charge in [0.2, 0.25) is 0 Å². The van der Waals surface area contributed by atoms with E-state index in [4.69, 9.17) is 4.74 Å². The Morgan fingerprint density at radius 2 is 2.00 bits per heavy atom. The van der Waals surface area contributed by atoms with E-state index in [2.05, 4.69) is 5.32 Å². The molecule has 0 spiro atoms. The van der Waals surface area contributed by atoms with Gasteiger partial charge in [-0.1, -0.05) is 36.8 Å². The lowest BCUT2D eigenvalue weighted by molar-refractivity contribution is -0.143. The van der Waals surface area contributed by atoms with Crippen LogP contribution in [0, 0.1) is 0 Å². The molecule has 102 valence electrons. The number of piperidine rings is 1. The largest absolute Gasteiger partial charge is 0.457 e. The summed E-state index contributed by atoms with van der Waals surface area (Å²) in [6.07, 6.45) is 3.66. The number of hydrogen-bond acceptors (Lipinski definition) is 4. The van der Waals surface area contributed by atoms with Gasteiger partial charge in [-0.25, -0.2) is 0 Å². The van der Waals surface area contributed by atoms with Crippen molar-refractivity contribution in [2.24, 2.45) is 0 Å². The van der Waals surface area contributed by atoms with Gasteiger partial charge in [-0.05, 0) is 19.4 Å². The first-order valence-corrected chi connectivity index (χ1v) is 6.73. The second-order valence-corrected chi connectivity index (χ2v) is 4.80. The Morgan fingerprint density at radius 3 is 2.68 bits per heavy atom. The normalized spacial score (nSPS) is 18.8. The van der Waals surface area contributed by atoms with Crippen LogP contribution in [0.15, 0.2) is 30.3 Å². The van der Waals surface area contributed by atoms with Crippen molar-refractivity contribution >= 4 is 11.8 Å². The van der Waals surface area contributed by atoms with Gasteiger partial charge >= 0.3 is 5.97 Å². The zero-order chi connectivity index (χ0) is 13.5. The summed E-state index contributed by atoms with van der Waals surface area (Å²) in [5.74, 6) is -0.464. The summed E-state index contributed by atoms with van der Waals surface area (Å²) in [6.45, 7) is 0.788. The summed E-state index contributed by atoms with van der Waals surface area (Å²) in [6, 6.07) is 9.07. The molecule has 1 aliphatic heterocycles. The fourth-order valence-electron chi connectivity index (χ4n) is 2.21. The lowest BCUT2D eigenvalue weighted by Gasteiger charge is -2.22. The highest BCUT2D eigenvalue weighted by Gasteiger charge is 2.18. The molecule has 1 aliphatic rings. The molecule has 0 radical (unpaired) electrons. The number of carbonyl (C=O) groups is 2. The standard InChI is InChI=1S/C15H19NO3/c17-14(12-6-2-1-3-7-12)11-19-15(18)10-13-8-4-5-9-16-13/h1-3,6-7,13,16H,4-5,8-11H2/t13-/m1/s1. The van der Waals surface area contributed by atoms with Gasteiger partial charge in [-0.15, -0.1) is 0 Å². The number of ether oxygens (including phenoxy) is 1. The highest BCUT2D eigenvalue weighted by Crippen LogP contribution is 2.10.